The fraction of sp³-hybridized carbons (Fsp3) is 0.500. The van der Waals surface area contributed by atoms with Crippen molar-refractivity contribution in [1.82, 2.24) is 0 Å². The van der Waals surface area contributed by atoms with E-state index in [0.29, 0.717) is 0 Å². The first-order valence-electron chi connectivity index (χ1n) is 14.6. The first-order valence-corrected chi connectivity index (χ1v) is 14.6. The average molecular weight is 481 g/mol. The van der Waals surface area contributed by atoms with Crippen LogP contribution in [-0.4, -0.2) is 0 Å². The highest BCUT2D eigenvalue weighted by molar-refractivity contribution is 5.43. The zero-order valence-corrected chi connectivity index (χ0v) is 23.6. The van der Waals surface area contributed by atoms with Gasteiger partial charge in [-0.05, 0) is 94.9 Å². The molecule has 3 aromatic rings. The van der Waals surface area contributed by atoms with Gasteiger partial charge in [0.2, 0.25) is 0 Å². The molecule has 4 rings (SSSR count). The quantitative estimate of drug-likeness (QED) is 0.253. The largest absolute Gasteiger partial charge is 0.0620 e. The van der Waals surface area contributed by atoms with Gasteiger partial charge in [0.1, 0.15) is 0 Å². The SMILES string of the molecule is CCc1cc(CCCCC2CCCC2)ccc1Cc1ccc(C)c(Cc2ccccc2C(C)(C)C)c1. The molecule has 1 aliphatic rings. The third-order valence-corrected chi connectivity index (χ3v) is 8.47. The van der Waals surface area contributed by atoms with Crippen molar-refractivity contribution < 1.29 is 0 Å². The summed E-state index contributed by atoms with van der Waals surface area (Å²) in [4.78, 5) is 0. The summed E-state index contributed by atoms with van der Waals surface area (Å²) in [5.41, 5.74) is 11.9. The van der Waals surface area contributed by atoms with Crippen molar-refractivity contribution in [3.63, 3.8) is 0 Å². The maximum atomic E-state index is 2.50. The fourth-order valence-corrected chi connectivity index (χ4v) is 6.25. The maximum Gasteiger partial charge on any atom is -0.00201 e. The van der Waals surface area contributed by atoms with E-state index < -0.39 is 0 Å². The Balaban J connectivity index is 1.43. The van der Waals surface area contributed by atoms with Crippen LogP contribution >= 0.6 is 0 Å². The standard InChI is InChI=1S/C36H48/c1-6-31-23-29(16-10-9-15-28-13-7-8-14-28)21-22-32(31)24-30-20-19-27(2)34(25-30)26-33-17-11-12-18-35(33)36(3,4)5/h11-12,17-23,25,28H,6-10,13-16,24,26H2,1-5H3. The molecule has 0 unspecified atom stereocenters. The van der Waals surface area contributed by atoms with Gasteiger partial charge in [0, 0.05) is 0 Å². The first kappa shape index (κ1) is 26.7. The minimum absolute atomic E-state index is 0.163. The summed E-state index contributed by atoms with van der Waals surface area (Å²) in [6.45, 7) is 11.5. The van der Waals surface area contributed by atoms with Crippen LogP contribution in [0.3, 0.4) is 0 Å². The number of rotatable bonds is 10. The average Bonchev–Trinajstić information content (AvgIpc) is 3.38. The van der Waals surface area contributed by atoms with Gasteiger partial charge in [-0.15, -0.1) is 0 Å². The molecule has 0 aliphatic heterocycles. The molecule has 192 valence electrons. The number of unbranched alkanes of at least 4 members (excludes halogenated alkanes) is 1. The van der Waals surface area contributed by atoms with Crippen LogP contribution in [0.15, 0.2) is 60.7 Å². The summed E-state index contributed by atoms with van der Waals surface area (Å²) in [7, 11) is 0. The van der Waals surface area contributed by atoms with Gasteiger partial charge in [-0.2, -0.15) is 0 Å². The zero-order valence-electron chi connectivity index (χ0n) is 23.6. The molecule has 0 aromatic heterocycles. The molecule has 0 saturated heterocycles. The monoisotopic (exact) mass is 480 g/mol. The van der Waals surface area contributed by atoms with E-state index >= 15 is 0 Å². The van der Waals surface area contributed by atoms with Crippen LogP contribution in [-0.2, 0) is 31.1 Å². The van der Waals surface area contributed by atoms with Crippen LogP contribution in [0.25, 0.3) is 0 Å². The Labute approximate surface area is 221 Å². The van der Waals surface area contributed by atoms with Gasteiger partial charge in [0.15, 0.2) is 0 Å². The van der Waals surface area contributed by atoms with E-state index in [9.17, 15) is 0 Å². The molecule has 1 aliphatic carbocycles. The van der Waals surface area contributed by atoms with Crippen LogP contribution in [0.1, 0.15) is 117 Å². The van der Waals surface area contributed by atoms with Gasteiger partial charge in [-0.1, -0.05) is 127 Å². The number of hydrogen-bond acceptors (Lipinski definition) is 0. The Hall–Kier alpha value is -2.34. The smallest absolute Gasteiger partial charge is 0.00201 e. The van der Waals surface area contributed by atoms with Crippen molar-refractivity contribution in [2.45, 2.75) is 111 Å². The van der Waals surface area contributed by atoms with Crippen LogP contribution in [0.5, 0.6) is 0 Å². The molecule has 0 N–H and O–H groups in total. The molecule has 0 heteroatoms. The van der Waals surface area contributed by atoms with Crippen molar-refractivity contribution >= 4 is 0 Å². The minimum Gasteiger partial charge on any atom is -0.0620 e. The van der Waals surface area contributed by atoms with Gasteiger partial charge in [-0.25, -0.2) is 0 Å². The summed E-state index contributed by atoms with van der Waals surface area (Å²) in [5, 5.41) is 0. The van der Waals surface area contributed by atoms with E-state index in [4.69, 9.17) is 0 Å². The molecule has 0 atom stereocenters. The Morgan fingerprint density at radius 2 is 1.44 bits per heavy atom. The van der Waals surface area contributed by atoms with E-state index in [1.807, 2.05) is 0 Å². The summed E-state index contributed by atoms with van der Waals surface area (Å²) in [5.74, 6) is 1.03. The van der Waals surface area contributed by atoms with E-state index in [0.717, 1.165) is 25.2 Å². The number of hydrogen-bond donors (Lipinski definition) is 0. The second kappa shape index (κ2) is 12.3. The molecule has 3 aromatic carbocycles. The molecule has 0 bridgehead atoms. The van der Waals surface area contributed by atoms with Crippen molar-refractivity contribution in [2.24, 2.45) is 5.92 Å². The molecule has 0 nitrogen and oxygen atoms in total. The highest BCUT2D eigenvalue weighted by atomic mass is 14.2. The molecule has 36 heavy (non-hydrogen) atoms. The predicted octanol–water partition coefficient (Wildman–Crippen LogP) is 9.94. The summed E-state index contributed by atoms with van der Waals surface area (Å²) in [6, 6.07) is 23.4. The third kappa shape index (κ3) is 7.12. The Bertz CT molecular complexity index is 1120. The van der Waals surface area contributed by atoms with Gasteiger partial charge in [0.25, 0.3) is 0 Å². The van der Waals surface area contributed by atoms with Crippen molar-refractivity contribution in [1.29, 1.82) is 0 Å². The lowest BCUT2D eigenvalue weighted by Crippen LogP contribution is -2.14. The second-order valence-electron chi connectivity index (χ2n) is 12.4. The highest BCUT2D eigenvalue weighted by Gasteiger charge is 2.18. The molecule has 1 fully saturated rings. The number of benzene rings is 3. The molecule has 0 heterocycles. The second-order valence-corrected chi connectivity index (χ2v) is 12.4. The highest BCUT2D eigenvalue weighted by Crippen LogP contribution is 2.30. The van der Waals surface area contributed by atoms with Crippen LogP contribution < -0.4 is 0 Å². The molecular formula is C36H48. The van der Waals surface area contributed by atoms with Gasteiger partial charge in [-0.3, -0.25) is 0 Å². The first-order chi connectivity index (χ1) is 17.3. The van der Waals surface area contributed by atoms with Crippen molar-refractivity contribution in [3.8, 4) is 0 Å². The lowest BCUT2D eigenvalue weighted by Gasteiger charge is -2.23. The maximum absolute atomic E-state index is 2.50. The summed E-state index contributed by atoms with van der Waals surface area (Å²) < 4.78 is 0. The molecule has 0 amide bonds. The summed E-state index contributed by atoms with van der Waals surface area (Å²) >= 11 is 0. The van der Waals surface area contributed by atoms with Crippen LogP contribution in [0.2, 0.25) is 0 Å². The van der Waals surface area contributed by atoms with Crippen LogP contribution in [0.4, 0.5) is 0 Å². The topological polar surface area (TPSA) is 0 Å². The molecule has 0 radical (unpaired) electrons. The Kier molecular flexibility index (Phi) is 9.10. The van der Waals surface area contributed by atoms with E-state index in [1.165, 1.54) is 95.9 Å². The van der Waals surface area contributed by atoms with E-state index in [1.54, 1.807) is 0 Å². The van der Waals surface area contributed by atoms with Gasteiger partial charge in [0.05, 0.1) is 0 Å². The summed E-state index contributed by atoms with van der Waals surface area (Å²) in [6.07, 6.45) is 14.5. The Morgan fingerprint density at radius 3 is 2.19 bits per heavy atom. The predicted molar refractivity (Wildman–Crippen MR) is 157 cm³/mol. The third-order valence-electron chi connectivity index (χ3n) is 8.47. The number of aryl methyl sites for hydroxylation is 3. The molecular weight excluding hydrogens is 432 g/mol. The van der Waals surface area contributed by atoms with E-state index in [2.05, 4.69) is 95.3 Å². The van der Waals surface area contributed by atoms with Gasteiger partial charge < -0.3 is 0 Å². The Morgan fingerprint density at radius 1 is 0.722 bits per heavy atom. The molecule has 0 spiro atoms. The fourth-order valence-electron chi connectivity index (χ4n) is 6.25. The zero-order chi connectivity index (χ0) is 25.5. The lowest BCUT2D eigenvalue weighted by molar-refractivity contribution is 0.473. The van der Waals surface area contributed by atoms with Crippen molar-refractivity contribution in [2.75, 3.05) is 0 Å². The van der Waals surface area contributed by atoms with Crippen LogP contribution in [0, 0.1) is 12.8 Å². The normalized spacial score (nSPS) is 14.5. The van der Waals surface area contributed by atoms with Gasteiger partial charge >= 0.3 is 0 Å². The van der Waals surface area contributed by atoms with E-state index in [-0.39, 0.29) is 5.41 Å². The molecule has 1 saturated carbocycles. The minimum atomic E-state index is 0.163. The van der Waals surface area contributed by atoms with Crippen molar-refractivity contribution in [3.05, 3.63) is 105 Å². The lowest BCUT2D eigenvalue weighted by atomic mass is 9.81.